The number of thiophene rings is 1. The molecule has 0 saturated carbocycles. The highest BCUT2D eigenvalue weighted by molar-refractivity contribution is 7.14. The van der Waals surface area contributed by atoms with E-state index >= 15 is 0 Å². The zero-order valence-electron chi connectivity index (χ0n) is 27.5. The van der Waals surface area contributed by atoms with E-state index in [2.05, 4.69) is 75.8 Å². The maximum atomic E-state index is 13.8. The molecule has 2 aromatic heterocycles. The van der Waals surface area contributed by atoms with Crippen molar-refractivity contribution < 1.29 is 19.5 Å². The van der Waals surface area contributed by atoms with Gasteiger partial charge in [-0.25, -0.2) is 14.8 Å². The van der Waals surface area contributed by atoms with Crippen LogP contribution < -0.4 is 0 Å². The summed E-state index contributed by atoms with van der Waals surface area (Å²) in [7, 11) is 0. The smallest absolute Gasteiger partial charge is 0.326 e. The second-order valence-corrected chi connectivity index (χ2v) is 15.4. The van der Waals surface area contributed by atoms with Crippen molar-refractivity contribution in [1.29, 1.82) is 0 Å². The summed E-state index contributed by atoms with van der Waals surface area (Å²) < 4.78 is 0. The first kappa shape index (κ1) is 33.2. The average Bonchev–Trinajstić information content (AvgIpc) is 3.72. The Bertz CT molecular complexity index is 1700. The number of carboxylic acid groups (broad SMARTS) is 1. The first-order valence-electron chi connectivity index (χ1n) is 15.9. The second kappa shape index (κ2) is 13.3. The Labute approximate surface area is 275 Å². The highest BCUT2D eigenvalue weighted by Gasteiger charge is 2.38. The van der Waals surface area contributed by atoms with Crippen LogP contribution in [0.3, 0.4) is 0 Å². The van der Waals surface area contributed by atoms with E-state index in [1.165, 1.54) is 21.8 Å². The molecule has 1 amide bonds. The molecule has 7 nitrogen and oxygen atoms in total. The number of hydrogen-bond acceptors (Lipinski definition) is 6. The summed E-state index contributed by atoms with van der Waals surface area (Å²) in [5.74, 6) is -1.44. The number of aliphatic carboxylic acids is 1. The first-order chi connectivity index (χ1) is 21.7. The van der Waals surface area contributed by atoms with Crippen molar-refractivity contribution in [3.63, 3.8) is 0 Å². The van der Waals surface area contributed by atoms with E-state index in [0.29, 0.717) is 36.5 Å². The number of amides is 1. The molecule has 0 aliphatic carbocycles. The lowest BCUT2D eigenvalue weighted by atomic mass is 9.86. The third-order valence-corrected chi connectivity index (χ3v) is 10.2. The number of ketones is 1. The lowest BCUT2D eigenvalue weighted by Gasteiger charge is -2.26. The number of nitrogens with zero attached hydrogens (tertiary/aromatic N) is 3. The van der Waals surface area contributed by atoms with Crippen molar-refractivity contribution in [3.8, 4) is 22.5 Å². The first-order valence-corrected chi connectivity index (χ1v) is 16.7. The van der Waals surface area contributed by atoms with Crippen molar-refractivity contribution in [2.45, 2.75) is 84.1 Å². The number of likely N-dealkylation sites (tertiary alicyclic amines) is 1. The van der Waals surface area contributed by atoms with E-state index in [0.717, 1.165) is 27.1 Å². The van der Waals surface area contributed by atoms with E-state index < -0.39 is 17.9 Å². The molecule has 0 bridgehead atoms. The van der Waals surface area contributed by atoms with Gasteiger partial charge in [0.2, 0.25) is 5.91 Å². The summed E-state index contributed by atoms with van der Waals surface area (Å²) in [6.07, 6.45) is 5.07. The van der Waals surface area contributed by atoms with Gasteiger partial charge in [-0.2, -0.15) is 0 Å². The molecular formula is C38H43N3O4S. The number of hydrogen-bond donors (Lipinski definition) is 1. The minimum Gasteiger partial charge on any atom is -0.480 e. The molecule has 1 saturated heterocycles. The highest BCUT2D eigenvalue weighted by Crippen LogP contribution is 2.32. The molecule has 1 fully saturated rings. The molecule has 0 spiro atoms. The molecule has 46 heavy (non-hydrogen) atoms. The molecule has 8 heteroatoms. The lowest BCUT2D eigenvalue weighted by molar-refractivity contribution is -0.149. The Kier molecular flexibility index (Phi) is 9.59. The second-order valence-electron chi connectivity index (χ2n) is 14.3. The Balaban J connectivity index is 1.33. The molecule has 5 rings (SSSR count). The minimum atomic E-state index is -0.999. The monoisotopic (exact) mass is 637 g/mol. The van der Waals surface area contributed by atoms with Gasteiger partial charge in [0.05, 0.1) is 4.88 Å². The number of aromatic nitrogens is 2. The van der Waals surface area contributed by atoms with Crippen molar-refractivity contribution in [2.24, 2.45) is 5.92 Å². The Morgan fingerprint density at radius 1 is 0.848 bits per heavy atom. The molecular weight excluding hydrogens is 595 g/mol. The van der Waals surface area contributed by atoms with Crippen LogP contribution in [0.2, 0.25) is 0 Å². The molecule has 0 radical (unpaired) electrons. The zero-order valence-corrected chi connectivity index (χ0v) is 28.4. The van der Waals surface area contributed by atoms with Crippen molar-refractivity contribution >= 4 is 29.0 Å². The summed E-state index contributed by atoms with van der Waals surface area (Å²) in [6.45, 7) is 13.3. The summed E-state index contributed by atoms with van der Waals surface area (Å²) in [6, 6.07) is 19.2. The molecule has 1 N–H and O–H groups in total. The van der Waals surface area contributed by atoms with Gasteiger partial charge < -0.3 is 10.0 Å². The summed E-state index contributed by atoms with van der Waals surface area (Å²) >= 11 is 1.46. The van der Waals surface area contributed by atoms with Crippen molar-refractivity contribution in [1.82, 2.24) is 14.9 Å². The van der Waals surface area contributed by atoms with Gasteiger partial charge in [0.15, 0.2) is 11.6 Å². The fraction of sp³-hybridized carbons (Fsp3) is 0.395. The van der Waals surface area contributed by atoms with E-state index in [1.807, 2.05) is 48.8 Å². The predicted molar refractivity (Wildman–Crippen MR) is 183 cm³/mol. The number of carboxylic acids is 1. The van der Waals surface area contributed by atoms with Crippen LogP contribution in [0.4, 0.5) is 0 Å². The largest absolute Gasteiger partial charge is 0.480 e. The van der Waals surface area contributed by atoms with Gasteiger partial charge in [-0.3, -0.25) is 9.59 Å². The summed E-state index contributed by atoms with van der Waals surface area (Å²) in [5, 5.41) is 9.73. The van der Waals surface area contributed by atoms with E-state index in [4.69, 9.17) is 0 Å². The van der Waals surface area contributed by atoms with E-state index in [-0.39, 0.29) is 28.9 Å². The van der Waals surface area contributed by atoms with Crippen LogP contribution in [0.5, 0.6) is 0 Å². The van der Waals surface area contributed by atoms with Gasteiger partial charge in [0, 0.05) is 47.3 Å². The van der Waals surface area contributed by atoms with E-state index in [1.54, 1.807) is 0 Å². The van der Waals surface area contributed by atoms with Crippen molar-refractivity contribution in [2.75, 3.05) is 6.54 Å². The molecule has 2 atom stereocenters. The van der Waals surface area contributed by atoms with Crippen LogP contribution in [0.1, 0.15) is 86.5 Å². The third kappa shape index (κ3) is 7.61. The number of Topliss-reactive ketones (excluding diaryl/α,β-unsaturated/α-hetero) is 1. The molecule has 1 aliphatic heterocycles. The highest BCUT2D eigenvalue weighted by atomic mass is 32.1. The number of carbonyl (C=O) groups excluding carboxylic acids is 2. The lowest BCUT2D eigenvalue weighted by Crippen LogP contribution is -2.44. The van der Waals surface area contributed by atoms with Crippen LogP contribution in [-0.2, 0) is 26.8 Å². The topological polar surface area (TPSA) is 100 Å². The molecule has 2 aromatic carbocycles. The average molecular weight is 638 g/mol. The normalized spacial score (nSPS) is 16.0. The zero-order chi connectivity index (χ0) is 33.2. The van der Waals surface area contributed by atoms with Crippen LogP contribution in [0.15, 0.2) is 73.1 Å². The summed E-state index contributed by atoms with van der Waals surface area (Å²) in [4.78, 5) is 51.6. The maximum absolute atomic E-state index is 13.8. The molecule has 3 heterocycles. The van der Waals surface area contributed by atoms with Crippen LogP contribution >= 0.6 is 11.3 Å². The van der Waals surface area contributed by atoms with Crippen LogP contribution in [-0.4, -0.2) is 50.2 Å². The maximum Gasteiger partial charge on any atom is 0.326 e. The van der Waals surface area contributed by atoms with Crippen LogP contribution in [0, 0.1) is 5.92 Å². The fourth-order valence-corrected chi connectivity index (χ4v) is 6.86. The van der Waals surface area contributed by atoms with Gasteiger partial charge >= 0.3 is 5.97 Å². The number of carbonyl (C=O) groups is 3. The number of benzene rings is 2. The van der Waals surface area contributed by atoms with Crippen LogP contribution in [0.25, 0.3) is 22.5 Å². The Hall–Kier alpha value is -4.17. The standard InChI is InChI=1S/C38H43N3O4S/c1-37(2,3)29-15-13-25(14-16-29)28-22-39-34(40-23-28)26-11-9-24(10-12-26)20-27(35(43)41-19-7-8-30(41)36(44)45)21-31(42)32-17-18-33(46-32)38(4,5)6/h9-18,22-23,27,30H,7-8,19-21H2,1-6H3,(H,44,45)/t27-,30-/m1/s1. The predicted octanol–water partition coefficient (Wildman–Crippen LogP) is 7.97. The SMILES string of the molecule is CC(C)(C)c1ccc(-c2cnc(-c3ccc(C[C@H](CC(=O)c4ccc(C(C)(C)C)s4)C(=O)N4CCC[C@@H]4C(=O)O)cc3)nc2)cc1. The molecule has 1 aliphatic rings. The fourth-order valence-electron chi connectivity index (χ4n) is 5.85. The Morgan fingerprint density at radius 3 is 2.04 bits per heavy atom. The van der Waals surface area contributed by atoms with Gasteiger partial charge in [0.1, 0.15) is 6.04 Å². The van der Waals surface area contributed by atoms with Gasteiger partial charge in [-0.1, -0.05) is 90.1 Å². The van der Waals surface area contributed by atoms with Gasteiger partial charge in [0.25, 0.3) is 0 Å². The molecule has 4 aromatic rings. The molecule has 0 unspecified atom stereocenters. The minimum absolute atomic E-state index is 0.0226. The van der Waals surface area contributed by atoms with Gasteiger partial charge in [-0.05, 0) is 58.9 Å². The van der Waals surface area contributed by atoms with Gasteiger partial charge in [-0.15, -0.1) is 11.3 Å². The molecule has 240 valence electrons. The summed E-state index contributed by atoms with van der Waals surface area (Å²) in [5.41, 5.74) is 5.00. The van der Waals surface area contributed by atoms with E-state index in [9.17, 15) is 19.5 Å². The van der Waals surface area contributed by atoms with Crippen molar-refractivity contribution in [3.05, 3.63) is 93.9 Å². The number of rotatable bonds is 9. The quantitative estimate of drug-likeness (QED) is 0.187. The third-order valence-electron chi connectivity index (χ3n) is 8.65. The Morgan fingerprint density at radius 2 is 1.48 bits per heavy atom.